The van der Waals surface area contributed by atoms with Crippen LogP contribution in [0.25, 0.3) is 0 Å². The zero-order valence-corrected chi connectivity index (χ0v) is 25.1. The number of carboxylic acid groups (broad SMARTS) is 2. The summed E-state index contributed by atoms with van der Waals surface area (Å²) in [5, 5.41) is 34.6. The van der Waals surface area contributed by atoms with E-state index in [0.29, 0.717) is 0 Å². The fourth-order valence-electron chi connectivity index (χ4n) is 5.68. The Morgan fingerprint density at radius 1 is 0.604 bits per heavy atom. The van der Waals surface area contributed by atoms with Crippen LogP contribution in [0.15, 0.2) is 0 Å². The average molecular weight is 693 g/mol. The number of hydrogen-bond donors (Lipinski definition) is 10. The number of halogens is 3. The summed E-state index contributed by atoms with van der Waals surface area (Å²) in [5.41, 5.74) is 5.86. The van der Waals surface area contributed by atoms with Gasteiger partial charge in [-0.15, -0.1) is 0 Å². The molecule has 4 aliphatic rings. The fourth-order valence-corrected chi connectivity index (χ4v) is 5.68. The third kappa shape index (κ3) is 11.1. The predicted molar refractivity (Wildman–Crippen MR) is 150 cm³/mol. The summed E-state index contributed by atoms with van der Waals surface area (Å²) < 4.78 is 31.7. The van der Waals surface area contributed by atoms with E-state index in [-0.39, 0.29) is 75.0 Å². The second kappa shape index (κ2) is 15.7. The van der Waals surface area contributed by atoms with E-state index < -0.39 is 84.2 Å². The van der Waals surface area contributed by atoms with Gasteiger partial charge in [0.1, 0.15) is 0 Å². The first-order valence-electron chi connectivity index (χ1n) is 14.6. The molecule has 19 nitrogen and oxygen atoms in total. The second-order valence-electron chi connectivity index (χ2n) is 11.7. The van der Waals surface area contributed by atoms with Gasteiger partial charge in [-0.2, -0.15) is 13.2 Å². The van der Waals surface area contributed by atoms with Crippen LogP contribution in [0, 0.1) is 0 Å². The van der Waals surface area contributed by atoms with Crippen molar-refractivity contribution in [2.45, 2.75) is 106 Å². The van der Waals surface area contributed by atoms with Gasteiger partial charge in [0.2, 0.25) is 41.4 Å². The van der Waals surface area contributed by atoms with Crippen LogP contribution in [0.5, 0.6) is 0 Å². The van der Waals surface area contributed by atoms with E-state index in [1.807, 2.05) is 0 Å². The number of hydrogen-bond acceptors (Lipinski definition) is 10. The standard InChI is InChI=1S/C24H34N8O9.C2HF3O2/c25-9-1-17(33)26-10(9)2-18(34)27-11-3-19(35)28-12(11)4-20(36)29-13-5-21(37)30-14(13)6-22(38)31-15-7-23(39)32-16(15)8-24(40)41;3-2(4,5)1(6)7/h9-16H,1-8,25H2,(H,26,33)(H,27,34)(H,28,35)(H,29,36)(H,30,37)(H,31,38)(H,32,39)(H,40,41);(H,6,7)/t9-,10+,11-,12+,13-,14+,15-,16+;/m0./s1. The highest BCUT2D eigenvalue weighted by Crippen LogP contribution is 2.18. The zero-order chi connectivity index (χ0) is 35.9. The molecule has 22 heteroatoms. The van der Waals surface area contributed by atoms with Gasteiger partial charge in [-0.1, -0.05) is 0 Å². The Bertz CT molecular complexity index is 1350. The van der Waals surface area contributed by atoms with Crippen LogP contribution in [0.1, 0.15) is 51.4 Å². The molecule has 48 heavy (non-hydrogen) atoms. The van der Waals surface area contributed by atoms with Gasteiger partial charge in [-0.25, -0.2) is 4.79 Å². The molecule has 0 spiro atoms. The van der Waals surface area contributed by atoms with Crippen molar-refractivity contribution in [3.05, 3.63) is 0 Å². The average Bonchev–Trinajstić information content (AvgIpc) is 3.65. The van der Waals surface area contributed by atoms with Crippen molar-refractivity contribution in [1.29, 1.82) is 0 Å². The van der Waals surface area contributed by atoms with E-state index in [4.69, 9.17) is 20.7 Å². The Balaban J connectivity index is 0.000000804. The molecule has 4 heterocycles. The number of nitrogens with one attached hydrogen (secondary N) is 7. The quantitative estimate of drug-likeness (QED) is 0.0982. The number of carboxylic acids is 2. The number of nitrogens with two attached hydrogens (primary N) is 1. The van der Waals surface area contributed by atoms with E-state index >= 15 is 0 Å². The lowest BCUT2D eigenvalue weighted by Crippen LogP contribution is -2.51. The molecule has 0 aromatic rings. The third-order valence-corrected chi connectivity index (χ3v) is 7.89. The Hall–Kier alpha value is -5.02. The van der Waals surface area contributed by atoms with Crippen LogP contribution < -0.4 is 43.0 Å². The molecule has 8 atom stereocenters. The van der Waals surface area contributed by atoms with Crippen molar-refractivity contribution in [3.8, 4) is 0 Å². The largest absolute Gasteiger partial charge is 0.490 e. The van der Waals surface area contributed by atoms with Gasteiger partial charge in [0.25, 0.3) is 0 Å². The summed E-state index contributed by atoms with van der Waals surface area (Å²) >= 11 is 0. The Labute approximate surface area is 269 Å². The smallest absolute Gasteiger partial charge is 0.481 e. The van der Waals surface area contributed by atoms with E-state index in [2.05, 4.69) is 37.2 Å². The van der Waals surface area contributed by atoms with Crippen molar-refractivity contribution in [1.82, 2.24) is 37.2 Å². The van der Waals surface area contributed by atoms with Gasteiger partial charge in [-0.05, 0) is 0 Å². The molecule has 0 aromatic carbocycles. The van der Waals surface area contributed by atoms with E-state index in [9.17, 15) is 51.5 Å². The zero-order valence-electron chi connectivity index (χ0n) is 25.1. The van der Waals surface area contributed by atoms with Crippen molar-refractivity contribution < 1.29 is 66.5 Å². The molecule has 7 amide bonds. The van der Waals surface area contributed by atoms with Crippen LogP contribution in [0.4, 0.5) is 13.2 Å². The SMILES string of the molecule is N[C@H]1CC(=O)N[C@@H]1CC(=O)N[C@H]1CC(=O)N[C@@H]1CC(=O)N[C@H]1CC(=O)N[C@@H]1CC(=O)N[C@H]1CC(=O)N[C@@H]1CC(=O)O.O=C(O)C(F)(F)F. The highest BCUT2D eigenvalue weighted by Gasteiger charge is 2.41. The van der Waals surface area contributed by atoms with Gasteiger partial charge in [-0.3, -0.25) is 38.4 Å². The first kappa shape index (κ1) is 37.4. The summed E-state index contributed by atoms with van der Waals surface area (Å²) in [4.78, 5) is 105. The van der Waals surface area contributed by atoms with Crippen molar-refractivity contribution in [2.75, 3.05) is 0 Å². The van der Waals surface area contributed by atoms with E-state index in [1.54, 1.807) is 0 Å². The van der Waals surface area contributed by atoms with Crippen LogP contribution in [0.2, 0.25) is 0 Å². The second-order valence-corrected chi connectivity index (χ2v) is 11.7. The number of aliphatic carboxylic acids is 2. The number of alkyl halides is 3. The van der Waals surface area contributed by atoms with Crippen molar-refractivity contribution >= 4 is 53.3 Å². The van der Waals surface area contributed by atoms with Gasteiger partial charge in [0.05, 0.1) is 48.7 Å². The maximum Gasteiger partial charge on any atom is 0.490 e. The van der Waals surface area contributed by atoms with Crippen LogP contribution in [-0.4, -0.2) is 118 Å². The molecule has 4 aliphatic heterocycles. The van der Waals surface area contributed by atoms with Gasteiger partial charge >= 0.3 is 18.1 Å². The van der Waals surface area contributed by atoms with Gasteiger partial charge in [0, 0.05) is 51.0 Å². The summed E-state index contributed by atoms with van der Waals surface area (Å²) in [7, 11) is 0. The summed E-state index contributed by atoms with van der Waals surface area (Å²) in [6, 6.07) is -5.41. The monoisotopic (exact) mass is 692 g/mol. The Kier molecular flexibility index (Phi) is 12.3. The molecule has 0 aliphatic carbocycles. The van der Waals surface area contributed by atoms with Gasteiger partial charge in [0.15, 0.2) is 0 Å². The lowest BCUT2D eigenvalue weighted by Gasteiger charge is -2.24. The molecule has 0 radical (unpaired) electrons. The number of carbonyl (C=O) groups is 9. The molecule has 4 saturated heterocycles. The van der Waals surface area contributed by atoms with E-state index in [1.165, 1.54) is 0 Å². The minimum absolute atomic E-state index is 0.0412. The maximum absolute atomic E-state index is 12.9. The lowest BCUT2D eigenvalue weighted by molar-refractivity contribution is -0.192. The third-order valence-electron chi connectivity index (χ3n) is 7.89. The maximum atomic E-state index is 12.9. The number of amides is 7. The normalized spacial score (nSPS) is 29.4. The fraction of sp³-hybridized carbons (Fsp3) is 0.654. The topological polar surface area (TPSA) is 304 Å². The molecular weight excluding hydrogens is 657 g/mol. The first-order valence-corrected chi connectivity index (χ1v) is 14.6. The number of rotatable bonds is 11. The molecule has 0 bridgehead atoms. The number of carbonyl (C=O) groups excluding carboxylic acids is 7. The van der Waals surface area contributed by atoms with Crippen molar-refractivity contribution in [3.63, 3.8) is 0 Å². The van der Waals surface area contributed by atoms with Crippen LogP contribution in [-0.2, 0) is 43.2 Å². The van der Waals surface area contributed by atoms with Crippen LogP contribution >= 0.6 is 0 Å². The molecule has 0 aromatic heterocycles. The van der Waals surface area contributed by atoms with Crippen molar-refractivity contribution in [2.24, 2.45) is 5.73 Å². The van der Waals surface area contributed by atoms with E-state index in [0.717, 1.165) is 0 Å². The minimum atomic E-state index is -5.08. The molecule has 0 unspecified atom stereocenters. The molecule has 266 valence electrons. The lowest BCUT2D eigenvalue weighted by atomic mass is 10.0. The highest BCUT2D eigenvalue weighted by atomic mass is 19.4. The summed E-state index contributed by atoms with van der Waals surface area (Å²) in [6.45, 7) is 0. The van der Waals surface area contributed by atoms with Crippen LogP contribution in [0.3, 0.4) is 0 Å². The first-order chi connectivity index (χ1) is 22.3. The molecule has 11 N–H and O–H groups in total. The van der Waals surface area contributed by atoms with Gasteiger partial charge < -0.3 is 53.2 Å². The Morgan fingerprint density at radius 3 is 1.19 bits per heavy atom. The molecule has 4 fully saturated rings. The summed E-state index contributed by atoms with van der Waals surface area (Å²) in [5.74, 6) is -6.73. The highest BCUT2D eigenvalue weighted by molar-refractivity contribution is 5.88. The molecule has 4 rings (SSSR count). The predicted octanol–water partition coefficient (Wildman–Crippen LogP) is -4.40. The molecule has 0 saturated carbocycles. The summed E-state index contributed by atoms with van der Waals surface area (Å²) in [6.07, 6.45) is -6.02. The Morgan fingerprint density at radius 2 is 0.896 bits per heavy atom. The minimum Gasteiger partial charge on any atom is -0.481 e. The molecular formula is C26H35F3N8O11.